The van der Waals surface area contributed by atoms with E-state index in [-0.39, 0.29) is 0 Å². The number of hydrogen-bond acceptors (Lipinski definition) is 3. The first-order valence-corrected chi connectivity index (χ1v) is 19.6. The van der Waals surface area contributed by atoms with E-state index in [0.29, 0.717) is 17.5 Å². The Morgan fingerprint density at radius 2 is 0.759 bits per heavy atom. The molecule has 0 aliphatic heterocycles. The van der Waals surface area contributed by atoms with Crippen molar-refractivity contribution in [3.05, 3.63) is 200 Å². The summed E-state index contributed by atoms with van der Waals surface area (Å²) in [5, 5.41) is 7.46. The van der Waals surface area contributed by atoms with E-state index >= 15 is 0 Å². The van der Waals surface area contributed by atoms with Crippen LogP contribution in [0.4, 0.5) is 0 Å². The van der Waals surface area contributed by atoms with Crippen LogP contribution >= 0.6 is 0 Å². The fraction of sp³-hybridized carbons (Fsp3) is 0. The number of para-hydroxylation sites is 2. The summed E-state index contributed by atoms with van der Waals surface area (Å²) in [5.74, 6) is 1.93. The van der Waals surface area contributed by atoms with E-state index in [1.54, 1.807) is 0 Å². The molecular formula is C53H33N5. The Bertz CT molecular complexity index is 3510. The molecule has 0 N–H and O–H groups in total. The predicted octanol–water partition coefficient (Wildman–Crippen LogP) is 13.3. The Kier molecular flexibility index (Phi) is 7.16. The first-order valence-electron chi connectivity index (χ1n) is 19.6. The van der Waals surface area contributed by atoms with Crippen molar-refractivity contribution in [1.29, 1.82) is 0 Å². The normalized spacial score (nSPS) is 11.8. The number of rotatable bonds is 5. The molecule has 8 aromatic carbocycles. The van der Waals surface area contributed by atoms with Gasteiger partial charge in [0.15, 0.2) is 17.5 Å². The summed E-state index contributed by atoms with van der Waals surface area (Å²) in [5.41, 5.74) is 12.1. The fourth-order valence-electron chi connectivity index (χ4n) is 8.90. The van der Waals surface area contributed by atoms with E-state index in [1.807, 2.05) is 60.7 Å². The van der Waals surface area contributed by atoms with Crippen molar-refractivity contribution in [3.63, 3.8) is 0 Å². The minimum atomic E-state index is 0.635. The minimum Gasteiger partial charge on any atom is -0.309 e. The highest BCUT2D eigenvalue weighted by atomic mass is 15.0. The first-order chi connectivity index (χ1) is 28.8. The molecule has 0 spiro atoms. The molecule has 0 fully saturated rings. The van der Waals surface area contributed by atoms with E-state index < -0.39 is 0 Å². The van der Waals surface area contributed by atoms with E-state index in [0.717, 1.165) is 33.5 Å². The molecule has 0 amide bonds. The van der Waals surface area contributed by atoms with Crippen molar-refractivity contribution in [3.8, 4) is 51.0 Å². The second-order valence-electron chi connectivity index (χ2n) is 14.8. The molecule has 58 heavy (non-hydrogen) atoms. The second kappa shape index (κ2) is 12.8. The van der Waals surface area contributed by atoms with E-state index in [2.05, 4.69) is 148 Å². The second-order valence-corrected chi connectivity index (χ2v) is 14.8. The SMILES string of the molecule is c1ccc(-c2nc(-c3ccccc3)nc(-c3cccc(-c4cccc(-n5c6ccccc6c6ccc7c(cc8c9ccccc9c9ccccc9n87)c65)c4)c3)n2)cc1. The molecule has 0 saturated heterocycles. The topological polar surface area (TPSA) is 48.0 Å². The fourth-order valence-corrected chi connectivity index (χ4v) is 8.90. The van der Waals surface area contributed by atoms with Gasteiger partial charge < -0.3 is 8.97 Å². The van der Waals surface area contributed by atoms with Gasteiger partial charge in [-0.05, 0) is 59.0 Å². The Labute approximate surface area is 333 Å². The lowest BCUT2D eigenvalue weighted by Gasteiger charge is -2.12. The highest BCUT2D eigenvalue weighted by Crippen LogP contribution is 2.41. The minimum absolute atomic E-state index is 0.635. The molecule has 0 aliphatic rings. The number of benzene rings is 8. The number of fused-ring (bicyclic) bond motifs is 12. The first kappa shape index (κ1) is 32.4. The molecule has 5 heteroatoms. The Hall–Kier alpha value is -7.89. The highest BCUT2D eigenvalue weighted by Gasteiger charge is 2.20. The lowest BCUT2D eigenvalue weighted by molar-refractivity contribution is 1.07. The zero-order chi connectivity index (χ0) is 38.2. The average Bonchev–Trinajstić information content (AvgIpc) is 3.87. The molecular weight excluding hydrogens is 707 g/mol. The maximum absolute atomic E-state index is 5.02. The summed E-state index contributed by atoms with van der Waals surface area (Å²) in [7, 11) is 0. The van der Waals surface area contributed by atoms with Crippen LogP contribution in [0.25, 0.3) is 111 Å². The van der Waals surface area contributed by atoms with Gasteiger partial charge in [-0.15, -0.1) is 0 Å². The van der Waals surface area contributed by atoms with Gasteiger partial charge in [0.1, 0.15) is 0 Å². The lowest BCUT2D eigenvalue weighted by atomic mass is 10.0. The molecule has 0 bridgehead atoms. The van der Waals surface area contributed by atoms with Gasteiger partial charge in [-0.3, -0.25) is 0 Å². The molecule has 12 rings (SSSR count). The predicted molar refractivity (Wildman–Crippen MR) is 239 cm³/mol. The van der Waals surface area contributed by atoms with Gasteiger partial charge in [-0.1, -0.05) is 158 Å². The molecule has 4 aromatic heterocycles. The van der Waals surface area contributed by atoms with Crippen LogP contribution in [-0.4, -0.2) is 23.9 Å². The smallest absolute Gasteiger partial charge is 0.164 e. The third kappa shape index (κ3) is 5.00. The summed E-state index contributed by atoms with van der Waals surface area (Å²) >= 11 is 0. The summed E-state index contributed by atoms with van der Waals surface area (Å²) in [6.07, 6.45) is 0. The van der Waals surface area contributed by atoms with Gasteiger partial charge in [0.05, 0.1) is 27.6 Å². The quantitative estimate of drug-likeness (QED) is 0.165. The van der Waals surface area contributed by atoms with Crippen molar-refractivity contribution in [2.45, 2.75) is 0 Å². The zero-order valence-corrected chi connectivity index (χ0v) is 31.3. The Balaban J connectivity index is 1.05. The molecule has 0 aliphatic carbocycles. The third-order valence-corrected chi connectivity index (χ3v) is 11.5. The molecule has 0 atom stereocenters. The van der Waals surface area contributed by atoms with Crippen LogP contribution in [0.15, 0.2) is 200 Å². The van der Waals surface area contributed by atoms with E-state index in [4.69, 9.17) is 15.0 Å². The number of aromatic nitrogens is 5. The lowest BCUT2D eigenvalue weighted by Crippen LogP contribution is -2.00. The molecule has 4 heterocycles. The standard InChI is InChI=1S/C53H33N5/c1-3-15-34(16-4-1)51-54-52(35-17-5-2-6-18-35)56-53(55-51)38-21-13-19-36(31-38)37-20-14-22-39(32-37)57-46-27-11-10-26-43(46)44-29-30-48-45(50(44)57)33-49-42-25-8-7-23-40(42)41-24-9-12-28-47(41)58(48)49/h1-33H. The summed E-state index contributed by atoms with van der Waals surface area (Å²) in [4.78, 5) is 14.9. The summed E-state index contributed by atoms with van der Waals surface area (Å²) in [6.45, 7) is 0. The van der Waals surface area contributed by atoms with E-state index in [1.165, 1.54) is 59.9 Å². The van der Waals surface area contributed by atoms with Crippen LogP contribution in [0.5, 0.6) is 0 Å². The monoisotopic (exact) mass is 739 g/mol. The molecule has 0 unspecified atom stereocenters. The van der Waals surface area contributed by atoms with Crippen molar-refractivity contribution < 1.29 is 0 Å². The molecule has 270 valence electrons. The number of pyridine rings is 1. The Morgan fingerprint density at radius 3 is 1.45 bits per heavy atom. The largest absolute Gasteiger partial charge is 0.309 e. The van der Waals surface area contributed by atoms with Crippen LogP contribution in [0.2, 0.25) is 0 Å². The molecule has 0 saturated carbocycles. The van der Waals surface area contributed by atoms with Crippen molar-refractivity contribution in [2.75, 3.05) is 0 Å². The van der Waals surface area contributed by atoms with E-state index in [9.17, 15) is 0 Å². The molecule has 0 radical (unpaired) electrons. The van der Waals surface area contributed by atoms with Gasteiger partial charge in [-0.25, -0.2) is 15.0 Å². The molecule has 5 nitrogen and oxygen atoms in total. The Morgan fingerprint density at radius 1 is 0.276 bits per heavy atom. The average molecular weight is 740 g/mol. The van der Waals surface area contributed by atoms with Crippen molar-refractivity contribution in [1.82, 2.24) is 23.9 Å². The molecule has 12 aromatic rings. The van der Waals surface area contributed by atoms with Gasteiger partial charge >= 0.3 is 0 Å². The van der Waals surface area contributed by atoms with Gasteiger partial charge in [0.2, 0.25) is 0 Å². The maximum Gasteiger partial charge on any atom is 0.164 e. The van der Waals surface area contributed by atoms with Gasteiger partial charge in [0.25, 0.3) is 0 Å². The van der Waals surface area contributed by atoms with Crippen molar-refractivity contribution >= 4 is 59.9 Å². The summed E-state index contributed by atoms with van der Waals surface area (Å²) < 4.78 is 4.90. The van der Waals surface area contributed by atoms with Gasteiger partial charge in [0, 0.05) is 49.3 Å². The van der Waals surface area contributed by atoms with Crippen LogP contribution in [0.1, 0.15) is 0 Å². The highest BCUT2D eigenvalue weighted by molar-refractivity contribution is 6.22. The number of nitrogens with zero attached hydrogens (tertiary/aromatic N) is 5. The van der Waals surface area contributed by atoms with Crippen LogP contribution in [-0.2, 0) is 0 Å². The number of hydrogen-bond donors (Lipinski definition) is 0. The van der Waals surface area contributed by atoms with Crippen LogP contribution in [0.3, 0.4) is 0 Å². The summed E-state index contributed by atoms with van der Waals surface area (Å²) in [6, 6.07) is 71.0. The van der Waals surface area contributed by atoms with Gasteiger partial charge in [-0.2, -0.15) is 0 Å². The van der Waals surface area contributed by atoms with Crippen LogP contribution in [0, 0.1) is 0 Å². The van der Waals surface area contributed by atoms with Crippen LogP contribution < -0.4 is 0 Å². The zero-order valence-electron chi connectivity index (χ0n) is 31.3. The van der Waals surface area contributed by atoms with Crippen molar-refractivity contribution in [2.24, 2.45) is 0 Å². The maximum atomic E-state index is 5.02. The third-order valence-electron chi connectivity index (χ3n) is 11.5.